The molecule has 0 radical (unpaired) electrons. The van der Waals surface area contributed by atoms with Crippen LogP contribution < -0.4 is 5.32 Å². The Morgan fingerprint density at radius 2 is 2.21 bits per heavy atom. The summed E-state index contributed by atoms with van der Waals surface area (Å²) in [5, 5.41) is 4.40. The van der Waals surface area contributed by atoms with Crippen molar-refractivity contribution in [1.29, 1.82) is 0 Å². The fourth-order valence-corrected chi connectivity index (χ4v) is 2.09. The molecule has 0 spiro atoms. The highest BCUT2D eigenvalue weighted by Gasteiger charge is 2.25. The zero-order chi connectivity index (χ0) is 13.2. The summed E-state index contributed by atoms with van der Waals surface area (Å²) in [5.74, 6) is -0.316. The number of hydrogen-bond acceptors (Lipinski definition) is 4. The fraction of sp³-hybridized carbons (Fsp3) is 0.333. The van der Waals surface area contributed by atoms with Gasteiger partial charge < -0.3 is 10.1 Å². The van der Waals surface area contributed by atoms with Crippen molar-refractivity contribution < 1.29 is 9.53 Å². The molecule has 1 fully saturated rings. The van der Waals surface area contributed by atoms with Gasteiger partial charge in [-0.05, 0) is 25.8 Å². The maximum Gasteiger partial charge on any atom is 0.341 e. The van der Waals surface area contributed by atoms with E-state index in [1.54, 1.807) is 13.1 Å². The lowest BCUT2D eigenvalue weighted by molar-refractivity contribution is 0.0527. The van der Waals surface area contributed by atoms with Gasteiger partial charge in [0.05, 0.1) is 17.8 Å². The zero-order valence-corrected chi connectivity index (χ0v) is 10.8. The summed E-state index contributed by atoms with van der Waals surface area (Å²) >= 11 is 0. The molecule has 0 aliphatic heterocycles. The highest BCUT2D eigenvalue weighted by molar-refractivity contribution is 6.05. The van der Waals surface area contributed by atoms with Crippen molar-refractivity contribution in [2.45, 2.75) is 25.8 Å². The van der Waals surface area contributed by atoms with Crippen molar-refractivity contribution >= 4 is 22.6 Å². The van der Waals surface area contributed by atoms with Crippen LogP contribution in [0.25, 0.3) is 10.9 Å². The first-order valence-electron chi connectivity index (χ1n) is 6.61. The summed E-state index contributed by atoms with van der Waals surface area (Å²) in [6.45, 7) is 2.18. The summed E-state index contributed by atoms with van der Waals surface area (Å²) in [6.07, 6.45) is 3.91. The van der Waals surface area contributed by atoms with Crippen molar-refractivity contribution in [2.75, 3.05) is 11.9 Å². The topological polar surface area (TPSA) is 51.2 Å². The van der Waals surface area contributed by atoms with Crippen LogP contribution in [0.15, 0.2) is 30.5 Å². The van der Waals surface area contributed by atoms with Gasteiger partial charge in [0.1, 0.15) is 5.56 Å². The van der Waals surface area contributed by atoms with E-state index in [-0.39, 0.29) is 5.97 Å². The second-order valence-corrected chi connectivity index (χ2v) is 4.70. The molecule has 0 atom stereocenters. The van der Waals surface area contributed by atoms with Crippen LogP contribution in [-0.2, 0) is 4.74 Å². The molecule has 0 saturated heterocycles. The van der Waals surface area contributed by atoms with E-state index < -0.39 is 0 Å². The average molecular weight is 256 g/mol. The average Bonchev–Trinajstić information content (AvgIpc) is 3.23. The monoisotopic (exact) mass is 256 g/mol. The number of pyridine rings is 1. The molecule has 1 aliphatic carbocycles. The van der Waals surface area contributed by atoms with E-state index in [2.05, 4.69) is 10.3 Å². The molecule has 0 unspecified atom stereocenters. The predicted octanol–water partition coefficient (Wildman–Crippen LogP) is 2.99. The normalized spacial score (nSPS) is 14.4. The van der Waals surface area contributed by atoms with Gasteiger partial charge in [0.2, 0.25) is 0 Å². The molecule has 1 aromatic carbocycles. The van der Waals surface area contributed by atoms with E-state index in [1.807, 2.05) is 24.3 Å². The SMILES string of the molecule is CCOC(=O)c1cnc2ccccc2c1NC1CC1. The standard InChI is InChI=1S/C15H16N2O2/c1-2-19-15(18)12-9-16-13-6-4-3-5-11(13)14(12)17-10-7-8-10/h3-6,9-10H,2,7-8H2,1H3,(H,16,17). The summed E-state index contributed by atoms with van der Waals surface area (Å²) in [7, 11) is 0. The highest BCUT2D eigenvalue weighted by Crippen LogP contribution is 2.32. The molecule has 3 rings (SSSR count). The Balaban J connectivity index is 2.11. The van der Waals surface area contributed by atoms with Crippen molar-refractivity contribution in [1.82, 2.24) is 4.98 Å². The summed E-state index contributed by atoms with van der Waals surface area (Å²) in [4.78, 5) is 16.3. The molecule has 4 nitrogen and oxygen atoms in total. The van der Waals surface area contributed by atoms with Crippen LogP contribution in [0.2, 0.25) is 0 Å². The van der Waals surface area contributed by atoms with Crippen LogP contribution in [0.1, 0.15) is 30.1 Å². The number of hydrogen-bond donors (Lipinski definition) is 1. The maximum absolute atomic E-state index is 12.0. The Bertz CT molecular complexity index is 621. The van der Waals surface area contributed by atoms with Crippen LogP contribution in [0.4, 0.5) is 5.69 Å². The van der Waals surface area contributed by atoms with E-state index in [0.29, 0.717) is 18.2 Å². The van der Waals surface area contributed by atoms with Gasteiger partial charge in [-0.1, -0.05) is 18.2 Å². The number of ether oxygens (including phenoxy) is 1. The third-order valence-corrected chi connectivity index (χ3v) is 3.20. The minimum Gasteiger partial charge on any atom is -0.462 e. The maximum atomic E-state index is 12.0. The first kappa shape index (κ1) is 12.0. The number of esters is 1. The number of carbonyl (C=O) groups is 1. The number of fused-ring (bicyclic) bond motifs is 1. The van der Waals surface area contributed by atoms with Gasteiger partial charge in [-0.2, -0.15) is 0 Å². The molecular formula is C15H16N2O2. The molecule has 2 aromatic rings. The number of nitrogens with one attached hydrogen (secondary N) is 1. The highest BCUT2D eigenvalue weighted by atomic mass is 16.5. The molecule has 98 valence electrons. The van der Waals surface area contributed by atoms with Gasteiger partial charge in [-0.3, -0.25) is 4.98 Å². The number of carbonyl (C=O) groups excluding carboxylic acids is 1. The lowest BCUT2D eigenvalue weighted by atomic mass is 10.1. The largest absolute Gasteiger partial charge is 0.462 e. The summed E-state index contributed by atoms with van der Waals surface area (Å²) < 4.78 is 5.10. The van der Waals surface area contributed by atoms with E-state index >= 15 is 0 Å². The molecule has 0 amide bonds. The minimum atomic E-state index is -0.316. The number of rotatable bonds is 4. The number of para-hydroxylation sites is 1. The Hall–Kier alpha value is -2.10. The van der Waals surface area contributed by atoms with E-state index in [1.165, 1.54) is 0 Å². The fourth-order valence-electron chi connectivity index (χ4n) is 2.09. The predicted molar refractivity (Wildman–Crippen MR) is 74.3 cm³/mol. The molecule has 1 aliphatic rings. The first-order valence-corrected chi connectivity index (χ1v) is 6.61. The number of benzene rings is 1. The van der Waals surface area contributed by atoms with Crippen LogP contribution in [0.5, 0.6) is 0 Å². The second-order valence-electron chi connectivity index (χ2n) is 4.70. The number of nitrogens with zero attached hydrogens (tertiary/aromatic N) is 1. The molecule has 1 aromatic heterocycles. The lowest BCUT2D eigenvalue weighted by Gasteiger charge is -2.13. The van der Waals surface area contributed by atoms with Crippen molar-refractivity contribution in [2.24, 2.45) is 0 Å². The zero-order valence-electron chi connectivity index (χ0n) is 10.8. The third-order valence-electron chi connectivity index (χ3n) is 3.20. The van der Waals surface area contributed by atoms with Crippen LogP contribution >= 0.6 is 0 Å². The van der Waals surface area contributed by atoms with Crippen LogP contribution in [0.3, 0.4) is 0 Å². The lowest BCUT2D eigenvalue weighted by Crippen LogP contribution is -2.12. The Morgan fingerprint density at radius 1 is 1.42 bits per heavy atom. The summed E-state index contributed by atoms with van der Waals surface area (Å²) in [5.41, 5.74) is 2.26. The molecular weight excluding hydrogens is 240 g/mol. The Labute approximate surface area is 111 Å². The number of anilines is 1. The van der Waals surface area contributed by atoms with Crippen molar-refractivity contribution in [3.05, 3.63) is 36.0 Å². The molecule has 19 heavy (non-hydrogen) atoms. The first-order chi connectivity index (χ1) is 9.29. The van der Waals surface area contributed by atoms with Gasteiger partial charge in [0.15, 0.2) is 0 Å². The molecule has 0 bridgehead atoms. The smallest absolute Gasteiger partial charge is 0.341 e. The molecule has 1 saturated carbocycles. The van der Waals surface area contributed by atoms with Crippen LogP contribution in [0, 0.1) is 0 Å². The molecule has 4 heteroatoms. The van der Waals surface area contributed by atoms with Crippen molar-refractivity contribution in [3.8, 4) is 0 Å². The number of aromatic nitrogens is 1. The second kappa shape index (κ2) is 4.88. The minimum absolute atomic E-state index is 0.316. The molecule has 1 heterocycles. The van der Waals surface area contributed by atoms with Gasteiger partial charge >= 0.3 is 5.97 Å². The Kier molecular flexibility index (Phi) is 3.07. The van der Waals surface area contributed by atoms with Crippen LogP contribution in [-0.4, -0.2) is 23.6 Å². The van der Waals surface area contributed by atoms with E-state index in [4.69, 9.17) is 4.74 Å². The van der Waals surface area contributed by atoms with E-state index in [9.17, 15) is 4.79 Å². The van der Waals surface area contributed by atoms with E-state index in [0.717, 1.165) is 29.4 Å². The summed E-state index contributed by atoms with van der Waals surface area (Å²) in [6, 6.07) is 8.30. The Morgan fingerprint density at radius 3 is 2.95 bits per heavy atom. The van der Waals surface area contributed by atoms with Gasteiger partial charge in [-0.15, -0.1) is 0 Å². The van der Waals surface area contributed by atoms with Gasteiger partial charge in [0, 0.05) is 17.6 Å². The molecule has 1 N–H and O–H groups in total. The van der Waals surface area contributed by atoms with Crippen molar-refractivity contribution in [3.63, 3.8) is 0 Å². The van der Waals surface area contributed by atoms with Gasteiger partial charge in [-0.25, -0.2) is 4.79 Å². The van der Waals surface area contributed by atoms with Gasteiger partial charge in [0.25, 0.3) is 0 Å². The quantitative estimate of drug-likeness (QED) is 0.854. The third kappa shape index (κ3) is 2.38.